The number of ether oxygens (including phenoxy) is 1. The average molecular weight is 584 g/mol. The average Bonchev–Trinajstić information content (AvgIpc) is 2.75. The van der Waals surface area contributed by atoms with Gasteiger partial charge in [0.15, 0.2) is 11.6 Å². The predicted octanol–water partition coefficient (Wildman–Crippen LogP) is 3.76. The van der Waals surface area contributed by atoms with E-state index >= 15 is 0 Å². The standard InChI is InChI=1S/C20H24F3IN4O3S/c1-13(12-31-2)27-7-9-28(10-8-27)32(29,30)26-18-6-4-15(21)19(23)20(18)25-17-5-3-14(24)11-16(17)22/h3-6,11,13,25-26H,7-10,12H2,1-2H3. The first kappa shape index (κ1) is 25.0. The molecule has 0 saturated carbocycles. The van der Waals surface area contributed by atoms with Crippen LogP contribution in [0.3, 0.4) is 0 Å². The Morgan fingerprint density at radius 2 is 1.72 bits per heavy atom. The number of nitrogens with one attached hydrogen (secondary N) is 2. The maximum Gasteiger partial charge on any atom is 0.301 e. The molecule has 2 N–H and O–H groups in total. The lowest BCUT2D eigenvalue weighted by atomic mass is 10.2. The molecule has 3 rings (SSSR count). The van der Waals surface area contributed by atoms with Gasteiger partial charge in [0.05, 0.1) is 18.0 Å². The van der Waals surface area contributed by atoms with Crippen LogP contribution in [0.25, 0.3) is 0 Å². The van der Waals surface area contributed by atoms with Crippen molar-refractivity contribution in [1.29, 1.82) is 0 Å². The smallest absolute Gasteiger partial charge is 0.301 e. The van der Waals surface area contributed by atoms with Gasteiger partial charge >= 0.3 is 10.2 Å². The Labute approximate surface area is 199 Å². The van der Waals surface area contributed by atoms with Gasteiger partial charge in [-0.15, -0.1) is 0 Å². The second kappa shape index (κ2) is 10.5. The van der Waals surface area contributed by atoms with Crippen LogP contribution in [0.1, 0.15) is 6.92 Å². The number of nitrogens with zero attached hydrogens (tertiary/aromatic N) is 2. The van der Waals surface area contributed by atoms with E-state index in [1.54, 1.807) is 13.2 Å². The predicted molar refractivity (Wildman–Crippen MR) is 126 cm³/mol. The molecule has 1 fully saturated rings. The molecular formula is C20H24F3IN4O3S. The highest BCUT2D eigenvalue weighted by molar-refractivity contribution is 14.1. The van der Waals surface area contributed by atoms with Crippen LogP contribution in [0.15, 0.2) is 30.3 Å². The Balaban J connectivity index is 1.80. The Morgan fingerprint density at radius 1 is 1.06 bits per heavy atom. The topological polar surface area (TPSA) is 73.9 Å². The highest BCUT2D eigenvalue weighted by Crippen LogP contribution is 2.32. The summed E-state index contributed by atoms with van der Waals surface area (Å²) >= 11 is 1.91. The quantitative estimate of drug-likeness (QED) is 0.463. The first-order valence-corrected chi connectivity index (χ1v) is 12.3. The number of hydrogen-bond acceptors (Lipinski definition) is 5. The third kappa shape index (κ3) is 5.84. The molecule has 1 saturated heterocycles. The summed E-state index contributed by atoms with van der Waals surface area (Å²) in [6, 6.07) is 6.21. The van der Waals surface area contributed by atoms with Crippen molar-refractivity contribution in [2.24, 2.45) is 0 Å². The molecule has 32 heavy (non-hydrogen) atoms. The molecule has 12 heteroatoms. The van der Waals surface area contributed by atoms with E-state index in [4.69, 9.17) is 4.74 Å². The van der Waals surface area contributed by atoms with Gasteiger partial charge in [0, 0.05) is 42.9 Å². The van der Waals surface area contributed by atoms with E-state index in [9.17, 15) is 21.6 Å². The van der Waals surface area contributed by atoms with Gasteiger partial charge in [-0.2, -0.15) is 12.7 Å². The van der Waals surface area contributed by atoms with Gasteiger partial charge < -0.3 is 10.1 Å². The SMILES string of the molecule is COCC(C)N1CCN(S(=O)(=O)Nc2ccc(F)c(F)c2Nc2ccc(I)cc2F)CC1. The van der Waals surface area contributed by atoms with E-state index in [-0.39, 0.29) is 30.5 Å². The zero-order valence-corrected chi connectivity index (χ0v) is 20.5. The normalized spacial score (nSPS) is 16.7. The number of methoxy groups -OCH3 is 1. The number of benzene rings is 2. The molecule has 1 unspecified atom stereocenters. The van der Waals surface area contributed by atoms with Crippen molar-refractivity contribution in [2.45, 2.75) is 13.0 Å². The highest BCUT2D eigenvalue weighted by Gasteiger charge is 2.30. The minimum atomic E-state index is -4.06. The summed E-state index contributed by atoms with van der Waals surface area (Å²) in [6.07, 6.45) is 0. The lowest BCUT2D eigenvalue weighted by molar-refractivity contribution is 0.0768. The molecule has 0 bridgehead atoms. The number of rotatable bonds is 8. The lowest BCUT2D eigenvalue weighted by Gasteiger charge is -2.37. The van der Waals surface area contributed by atoms with Gasteiger partial charge in [-0.1, -0.05) is 0 Å². The molecule has 0 spiro atoms. The first-order chi connectivity index (χ1) is 15.1. The van der Waals surface area contributed by atoms with Crippen molar-refractivity contribution in [3.63, 3.8) is 0 Å². The van der Waals surface area contributed by atoms with Crippen molar-refractivity contribution in [1.82, 2.24) is 9.21 Å². The second-order valence-corrected chi connectivity index (χ2v) is 10.3. The Bertz CT molecular complexity index is 1070. The van der Waals surface area contributed by atoms with Crippen LogP contribution in [0.2, 0.25) is 0 Å². The van der Waals surface area contributed by atoms with Gasteiger partial charge in [-0.05, 0) is 59.8 Å². The number of anilines is 3. The van der Waals surface area contributed by atoms with Crippen LogP contribution < -0.4 is 10.0 Å². The maximum absolute atomic E-state index is 14.6. The van der Waals surface area contributed by atoms with Crippen molar-refractivity contribution >= 4 is 49.9 Å². The molecule has 1 aliphatic heterocycles. The molecule has 1 atom stereocenters. The summed E-state index contributed by atoms with van der Waals surface area (Å²) in [5.41, 5.74) is -0.839. The van der Waals surface area contributed by atoms with Crippen LogP contribution in [-0.2, 0) is 14.9 Å². The molecule has 0 radical (unpaired) electrons. The Morgan fingerprint density at radius 3 is 2.34 bits per heavy atom. The summed E-state index contributed by atoms with van der Waals surface area (Å²) in [5, 5.41) is 2.48. The van der Waals surface area contributed by atoms with E-state index in [0.29, 0.717) is 23.3 Å². The van der Waals surface area contributed by atoms with Crippen LogP contribution in [0.5, 0.6) is 0 Å². The highest BCUT2D eigenvalue weighted by atomic mass is 127. The second-order valence-electron chi connectivity index (χ2n) is 7.38. The van der Waals surface area contributed by atoms with E-state index < -0.39 is 33.3 Å². The van der Waals surface area contributed by atoms with E-state index in [1.165, 1.54) is 16.4 Å². The summed E-state index contributed by atoms with van der Waals surface area (Å²) in [4.78, 5) is 2.11. The molecule has 1 heterocycles. The van der Waals surface area contributed by atoms with Crippen LogP contribution in [-0.4, -0.2) is 63.6 Å². The molecule has 0 amide bonds. The fraction of sp³-hybridized carbons (Fsp3) is 0.400. The first-order valence-electron chi connectivity index (χ1n) is 9.83. The molecule has 0 aromatic heterocycles. The summed E-state index contributed by atoms with van der Waals surface area (Å²) < 4.78 is 77.8. The number of halogens is 4. The van der Waals surface area contributed by atoms with Crippen LogP contribution in [0.4, 0.5) is 30.2 Å². The summed E-state index contributed by atoms with van der Waals surface area (Å²) in [7, 11) is -2.45. The van der Waals surface area contributed by atoms with Crippen molar-refractivity contribution in [2.75, 3.05) is 49.9 Å². The largest absolute Gasteiger partial charge is 0.383 e. The molecule has 176 valence electrons. The molecule has 0 aliphatic carbocycles. The zero-order chi connectivity index (χ0) is 23.5. The van der Waals surface area contributed by atoms with Crippen molar-refractivity contribution in [3.8, 4) is 0 Å². The van der Waals surface area contributed by atoms with E-state index in [2.05, 4.69) is 14.9 Å². The maximum atomic E-state index is 14.6. The van der Waals surface area contributed by atoms with Gasteiger partial charge in [-0.25, -0.2) is 13.2 Å². The molecule has 2 aromatic rings. The number of piperazine rings is 1. The third-order valence-corrected chi connectivity index (χ3v) is 7.36. The third-order valence-electron chi connectivity index (χ3n) is 5.17. The summed E-state index contributed by atoms with van der Waals surface area (Å²) in [6.45, 7) is 3.98. The monoisotopic (exact) mass is 584 g/mol. The zero-order valence-electron chi connectivity index (χ0n) is 17.5. The van der Waals surface area contributed by atoms with E-state index in [1.807, 2.05) is 29.5 Å². The van der Waals surface area contributed by atoms with E-state index in [0.717, 1.165) is 12.1 Å². The Kier molecular flexibility index (Phi) is 8.25. The minimum absolute atomic E-state index is 0.115. The van der Waals surface area contributed by atoms with Crippen molar-refractivity contribution in [3.05, 3.63) is 51.4 Å². The van der Waals surface area contributed by atoms with Gasteiger partial charge in [0.2, 0.25) is 0 Å². The molecule has 1 aliphatic rings. The Hall–Kier alpha value is -1.61. The fourth-order valence-corrected chi connectivity index (χ4v) is 5.09. The molecule has 2 aromatic carbocycles. The van der Waals surface area contributed by atoms with Gasteiger partial charge in [0.1, 0.15) is 11.5 Å². The van der Waals surface area contributed by atoms with Gasteiger partial charge in [0.25, 0.3) is 0 Å². The summed E-state index contributed by atoms with van der Waals surface area (Å²) in [5.74, 6) is -3.20. The molecule has 7 nitrogen and oxygen atoms in total. The van der Waals surface area contributed by atoms with Crippen molar-refractivity contribution < 1.29 is 26.3 Å². The number of hydrogen-bond donors (Lipinski definition) is 2. The van der Waals surface area contributed by atoms with Crippen LogP contribution >= 0.6 is 22.6 Å². The molecular weight excluding hydrogens is 560 g/mol. The lowest BCUT2D eigenvalue weighted by Crippen LogP contribution is -2.53. The minimum Gasteiger partial charge on any atom is -0.383 e. The van der Waals surface area contributed by atoms with Crippen LogP contribution in [0, 0.1) is 21.0 Å². The van der Waals surface area contributed by atoms with Gasteiger partial charge in [-0.3, -0.25) is 9.62 Å². The fourth-order valence-electron chi connectivity index (χ4n) is 3.42.